The number of aliphatic hydroxyl groups is 1. The average Bonchev–Trinajstić information content (AvgIpc) is 2.37. The molecule has 0 fully saturated rings. The van der Waals surface area contributed by atoms with Crippen molar-refractivity contribution in [1.29, 1.82) is 0 Å². The molecule has 0 heterocycles. The summed E-state index contributed by atoms with van der Waals surface area (Å²) in [4.78, 5) is 10.3. The number of carbonyl (C=O) groups is 1. The lowest BCUT2D eigenvalue weighted by molar-refractivity contribution is -0.146. The van der Waals surface area contributed by atoms with Crippen molar-refractivity contribution in [2.75, 3.05) is 13.2 Å². The smallest absolute Gasteiger partial charge is 0.333 e. The van der Waals surface area contributed by atoms with Crippen molar-refractivity contribution in [3.05, 3.63) is 24.3 Å². The van der Waals surface area contributed by atoms with Crippen LogP contribution < -0.4 is 9.46 Å². The van der Waals surface area contributed by atoms with Gasteiger partial charge in [0.05, 0.1) is 11.5 Å². The highest BCUT2D eigenvalue weighted by Gasteiger charge is 2.19. The van der Waals surface area contributed by atoms with E-state index < -0.39 is 28.6 Å². The first-order valence-electron chi connectivity index (χ1n) is 5.50. The number of benzene rings is 1. The number of hydrogen-bond acceptors (Lipinski definition) is 5. The van der Waals surface area contributed by atoms with E-state index in [4.69, 9.17) is 14.9 Å². The number of carboxylic acid groups (broad SMARTS) is 1. The Labute approximate surface area is 110 Å². The third-order valence-corrected chi connectivity index (χ3v) is 3.64. The summed E-state index contributed by atoms with van der Waals surface area (Å²) < 4.78 is 30.7. The standard InChI is InChI=1S/C11H15NO6S/c1-2-18-8-3-5-9(6-4-8)19(16,17)12-7-10(13)11(14)15/h3-6,10,12-13H,2,7H2,1H3,(H,14,15)/t10-/m0/s1. The highest BCUT2D eigenvalue weighted by Crippen LogP contribution is 2.15. The van der Waals surface area contributed by atoms with E-state index in [9.17, 15) is 13.2 Å². The Balaban J connectivity index is 2.74. The van der Waals surface area contributed by atoms with Crippen molar-refractivity contribution < 1.29 is 28.2 Å². The molecule has 3 N–H and O–H groups in total. The molecule has 0 aliphatic heterocycles. The van der Waals surface area contributed by atoms with E-state index >= 15 is 0 Å². The molecule has 1 aromatic carbocycles. The fourth-order valence-corrected chi connectivity index (χ4v) is 2.28. The normalized spacial score (nSPS) is 12.9. The van der Waals surface area contributed by atoms with Gasteiger partial charge in [0.25, 0.3) is 0 Å². The van der Waals surface area contributed by atoms with Gasteiger partial charge in [-0.25, -0.2) is 17.9 Å². The second-order valence-electron chi connectivity index (χ2n) is 3.61. The minimum absolute atomic E-state index is 0.0338. The Hall–Kier alpha value is -1.64. The highest BCUT2D eigenvalue weighted by atomic mass is 32.2. The van der Waals surface area contributed by atoms with Crippen LogP contribution in [-0.2, 0) is 14.8 Å². The second-order valence-corrected chi connectivity index (χ2v) is 5.38. The van der Waals surface area contributed by atoms with Crippen LogP contribution in [0.5, 0.6) is 5.75 Å². The Morgan fingerprint density at radius 2 is 1.95 bits per heavy atom. The number of aliphatic hydroxyl groups excluding tert-OH is 1. The number of carboxylic acids is 1. The van der Waals surface area contributed by atoms with Gasteiger partial charge in [-0.3, -0.25) is 0 Å². The molecular weight excluding hydrogens is 274 g/mol. The highest BCUT2D eigenvalue weighted by molar-refractivity contribution is 7.89. The summed E-state index contributed by atoms with van der Waals surface area (Å²) in [5, 5.41) is 17.4. The molecule has 0 saturated heterocycles. The molecular formula is C11H15NO6S. The van der Waals surface area contributed by atoms with Crippen LogP contribution in [0.15, 0.2) is 29.2 Å². The minimum Gasteiger partial charge on any atom is -0.494 e. The largest absolute Gasteiger partial charge is 0.494 e. The molecule has 0 amide bonds. The van der Waals surface area contributed by atoms with Crippen molar-refractivity contribution in [2.24, 2.45) is 0 Å². The molecule has 7 nitrogen and oxygen atoms in total. The van der Waals surface area contributed by atoms with Crippen molar-refractivity contribution in [2.45, 2.75) is 17.9 Å². The van der Waals surface area contributed by atoms with E-state index in [0.717, 1.165) is 0 Å². The van der Waals surface area contributed by atoms with E-state index in [2.05, 4.69) is 0 Å². The Morgan fingerprint density at radius 1 is 1.37 bits per heavy atom. The van der Waals surface area contributed by atoms with Gasteiger partial charge in [0, 0.05) is 6.54 Å². The summed E-state index contributed by atoms with van der Waals surface area (Å²) in [6.07, 6.45) is -1.78. The number of nitrogens with one attached hydrogen (secondary N) is 1. The Bertz CT molecular complexity index is 525. The maximum absolute atomic E-state index is 11.8. The number of ether oxygens (including phenoxy) is 1. The molecule has 0 unspecified atom stereocenters. The molecule has 0 radical (unpaired) electrons. The van der Waals surface area contributed by atoms with Crippen LogP contribution in [0.2, 0.25) is 0 Å². The predicted octanol–water partition coefficient (Wildman–Crippen LogP) is -0.191. The van der Waals surface area contributed by atoms with Gasteiger partial charge in [-0.2, -0.15) is 0 Å². The molecule has 106 valence electrons. The zero-order chi connectivity index (χ0) is 14.5. The van der Waals surface area contributed by atoms with Crippen molar-refractivity contribution in [1.82, 2.24) is 4.72 Å². The molecule has 8 heteroatoms. The third kappa shape index (κ3) is 4.51. The van der Waals surface area contributed by atoms with Crippen LogP contribution in [0, 0.1) is 0 Å². The Morgan fingerprint density at radius 3 is 2.42 bits per heavy atom. The first kappa shape index (κ1) is 15.4. The molecule has 1 aromatic rings. The van der Waals surface area contributed by atoms with Crippen molar-refractivity contribution in [3.8, 4) is 5.75 Å². The van der Waals surface area contributed by atoms with Gasteiger partial charge in [0.15, 0.2) is 6.10 Å². The van der Waals surface area contributed by atoms with E-state index in [-0.39, 0.29) is 4.90 Å². The lowest BCUT2D eigenvalue weighted by atomic mass is 10.3. The number of hydrogen-bond donors (Lipinski definition) is 3. The lowest BCUT2D eigenvalue weighted by Gasteiger charge is -2.09. The van der Waals surface area contributed by atoms with Crippen LogP contribution in [-0.4, -0.2) is 43.9 Å². The molecule has 0 spiro atoms. The summed E-state index contributed by atoms with van der Waals surface area (Å²) in [5.74, 6) is -0.957. The summed E-state index contributed by atoms with van der Waals surface area (Å²) in [5.41, 5.74) is 0. The summed E-state index contributed by atoms with van der Waals surface area (Å²) in [6, 6.07) is 5.65. The molecule has 1 rings (SSSR count). The predicted molar refractivity (Wildman–Crippen MR) is 66.4 cm³/mol. The molecule has 0 bridgehead atoms. The summed E-state index contributed by atoms with van der Waals surface area (Å²) in [7, 11) is -3.85. The zero-order valence-electron chi connectivity index (χ0n) is 10.2. The van der Waals surface area contributed by atoms with Gasteiger partial charge in [0.2, 0.25) is 10.0 Å². The first-order chi connectivity index (χ1) is 8.86. The summed E-state index contributed by atoms with van der Waals surface area (Å²) in [6.45, 7) is 1.68. The Kier molecular flexibility index (Phi) is 5.28. The number of sulfonamides is 1. The number of rotatable bonds is 7. The van der Waals surface area contributed by atoms with Gasteiger partial charge < -0.3 is 14.9 Å². The molecule has 0 aromatic heterocycles. The minimum atomic E-state index is -3.85. The molecule has 0 saturated carbocycles. The van der Waals surface area contributed by atoms with Crippen LogP contribution in [0.1, 0.15) is 6.92 Å². The zero-order valence-corrected chi connectivity index (χ0v) is 11.1. The topological polar surface area (TPSA) is 113 Å². The van der Waals surface area contributed by atoms with Gasteiger partial charge in [0.1, 0.15) is 5.75 Å². The second kappa shape index (κ2) is 6.50. The van der Waals surface area contributed by atoms with Crippen molar-refractivity contribution in [3.63, 3.8) is 0 Å². The fourth-order valence-electron chi connectivity index (χ4n) is 1.24. The molecule has 19 heavy (non-hydrogen) atoms. The van der Waals surface area contributed by atoms with Gasteiger partial charge >= 0.3 is 5.97 Å². The molecule has 0 aliphatic rings. The number of aliphatic carboxylic acids is 1. The van der Waals surface area contributed by atoms with E-state index in [1.807, 2.05) is 4.72 Å². The SMILES string of the molecule is CCOc1ccc(S(=O)(=O)NC[C@H](O)C(=O)O)cc1. The molecule has 1 atom stereocenters. The molecule has 0 aliphatic carbocycles. The lowest BCUT2D eigenvalue weighted by Crippen LogP contribution is -2.36. The average molecular weight is 289 g/mol. The summed E-state index contributed by atoms with van der Waals surface area (Å²) >= 11 is 0. The van der Waals surface area contributed by atoms with E-state index in [1.54, 1.807) is 6.92 Å². The monoisotopic (exact) mass is 289 g/mol. The van der Waals surface area contributed by atoms with E-state index in [1.165, 1.54) is 24.3 Å². The van der Waals surface area contributed by atoms with Crippen LogP contribution in [0.3, 0.4) is 0 Å². The van der Waals surface area contributed by atoms with Gasteiger partial charge in [-0.1, -0.05) is 0 Å². The van der Waals surface area contributed by atoms with Gasteiger partial charge in [-0.05, 0) is 31.2 Å². The van der Waals surface area contributed by atoms with Crippen LogP contribution in [0.4, 0.5) is 0 Å². The maximum Gasteiger partial charge on any atom is 0.333 e. The fraction of sp³-hybridized carbons (Fsp3) is 0.364. The maximum atomic E-state index is 11.8. The van der Waals surface area contributed by atoms with Crippen molar-refractivity contribution >= 4 is 16.0 Å². The first-order valence-corrected chi connectivity index (χ1v) is 6.98. The van der Waals surface area contributed by atoms with Gasteiger partial charge in [-0.15, -0.1) is 0 Å². The van der Waals surface area contributed by atoms with Crippen LogP contribution in [0.25, 0.3) is 0 Å². The van der Waals surface area contributed by atoms with Crippen LogP contribution >= 0.6 is 0 Å². The van der Waals surface area contributed by atoms with E-state index in [0.29, 0.717) is 12.4 Å². The quantitative estimate of drug-likeness (QED) is 0.641. The third-order valence-electron chi connectivity index (χ3n) is 2.20.